The first-order chi connectivity index (χ1) is 10.2. The molecule has 2 N–H and O–H groups in total. The van der Waals surface area contributed by atoms with Crippen LogP contribution in [-0.4, -0.2) is 15.8 Å². The van der Waals surface area contributed by atoms with Crippen molar-refractivity contribution in [2.45, 2.75) is 51.6 Å². The van der Waals surface area contributed by atoms with Crippen molar-refractivity contribution in [2.24, 2.45) is 5.73 Å². The molecule has 1 heterocycles. The number of aromatic nitrogens is 2. The average molecular weight is 304 g/mol. The quantitative estimate of drug-likeness (QED) is 0.921. The van der Waals surface area contributed by atoms with Gasteiger partial charge in [-0.1, -0.05) is 42.8 Å². The van der Waals surface area contributed by atoms with E-state index in [4.69, 9.17) is 17.3 Å². The number of hydrogen-bond acceptors (Lipinski definition) is 2. The number of aryl methyl sites for hydroxylation is 2. The van der Waals surface area contributed by atoms with Gasteiger partial charge in [0, 0.05) is 24.9 Å². The van der Waals surface area contributed by atoms with Gasteiger partial charge in [0.25, 0.3) is 0 Å². The number of fused-ring (bicyclic) bond motifs is 1. The Morgan fingerprint density at radius 3 is 2.81 bits per heavy atom. The Balaban J connectivity index is 1.80. The van der Waals surface area contributed by atoms with Crippen molar-refractivity contribution in [3.8, 4) is 0 Å². The van der Waals surface area contributed by atoms with Gasteiger partial charge in [-0.15, -0.1) is 0 Å². The van der Waals surface area contributed by atoms with Crippen molar-refractivity contribution in [1.29, 1.82) is 0 Å². The predicted octanol–water partition coefficient (Wildman–Crippen LogP) is 3.33. The van der Waals surface area contributed by atoms with E-state index in [2.05, 4.69) is 43.2 Å². The zero-order valence-electron chi connectivity index (χ0n) is 12.6. The highest BCUT2D eigenvalue weighted by atomic mass is 35.5. The lowest BCUT2D eigenvalue weighted by molar-refractivity contribution is 0.464. The zero-order chi connectivity index (χ0) is 15.0. The second-order valence-corrected chi connectivity index (χ2v) is 6.13. The van der Waals surface area contributed by atoms with Gasteiger partial charge >= 0.3 is 0 Å². The molecule has 0 fully saturated rings. The number of rotatable bonds is 5. The van der Waals surface area contributed by atoms with Crippen molar-refractivity contribution in [1.82, 2.24) is 9.78 Å². The van der Waals surface area contributed by atoms with Gasteiger partial charge in [0.15, 0.2) is 0 Å². The van der Waals surface area contributed by atoms with Crippen LogP contribution in [0.1, 0.15) is 42.3 Å². The molecule has 2 unspecified atom stereocenters. The molecule has 2 atom stereocenters. The van der Waals surface area contributed by atoms with Crippen LogP contribution in [0, 0.1) is 0 Å². The maximum Gasteiger partial charge on any atom is 0.0850 e. The van der Waals surface area contributed by atoms with E-state index in [0.29, 0.717) is 5.92 Å². The first-order valence-electron chi connectivity index (χ1n) is 7.73. The first-order valence-corrected chi connectivity index (χ1v) is 8.10. The Morgan fingerprint density at radius 1 is 1.38 bits per heavy atom. The molecule has 1 aromatic heterocycles. The SMILES string of the molecule is CCc1nn(CC)c(CC(N)C2Cc3ccccc32)c1Cl. The molecule has 3 nitrogen and oxygen atoms in total. The van der Waals surface area contributed by atoms with E-state index in [1.807, 2.05) is 4.68 Å². The van der Waals surface area contributed by atoms with E-state index in [-0.39, 0.29) is 6.04 Å². The van der Waals surface area contributed by atoms with Crippen molar-refractivity contribution in [3.63, 3.8) is 0 Å². The van der Waals surface area contributed by atoms with Gasteiger partial charge in [0.05, 0.1) is 16.4 Å². The molecule has 0 amide bonds. The molecular formula is C17H22ClN3. The van der Waals surface area contributed by atoms with Crippen LogP contribution in [0.25, 0.3) is 0 Å². The second kappa shape index (κ2) is 5.82. The van der Waals surface area contributed by atoms with Crippen LogP contribution >= 0.6 is 11.6 Å². The largest absolute Gasteiger partial charge is 0.327 e. The lowest BCUT2D eigenvalue weighted by atomic mass is 9.73. The Morgan fingerprint density at radius 2 is 2.14 bits per heavy atom. The van der Waals surface area contributed by atoms with Crippen LogP contribution in [-0.2, 0) is 25.8 Å². The minimum Gasteiger partial charge on any atom is -0.327 e. The van der Waals surface area contributed by atoms with E-state index < -0.39 is 0 Å². The monoisotopic (exact) mass is 303 g/mol. The molecular weight excluding hydrogens is 282 g/mol. The standard InChI is InChI=1S/C17H22ClN3/c1-3-15-17(18)16(21(4-2)20-15)10-14(19)13-9-11-7-5-6-8-12(11)13/h5-8,13-14H,3-4,9-10,19H2,1-2H3. The number of benzene rings is 1. The number of hydrogen-bond donors (Lipinski definition) is 1. The molecule has 0 spiro atoms. The predicted molar refractivity (Wildman–Crippen MR) is 86.9 cm³/mol. The summed E-state index contributed by atoms with van der Waals surface area (Å²) in [5, 5.41) is 5.38. The summed E-state index contributed by atoms with van der Waals surface area (Å²) in [7, 11) is 0. The smallest absolute Gasteiger partial charge is 0.0850 e. The molecule has 0 saturated carbocycles. The van der Waals surface area contributed by atoms with Crippen LogP contribution in [0.15, 0.2) is 24.3 Å². The minimum absolute atomic E-state index is 0.101. The third kappa shape index (κ3) is 2.49. The summed E-state index contributed by atoms with van der Waals surface area (Å²) in [5.41, 5.74) is 11.4. The third-order valence-corrected chi connectivity index (χ3v) is 4.97. The highest BCUT2D eigenvalue weighted by Gasteiger charge is 2.32. The van der Waals surface area contributed by atoms with Crippen molar-refractivity contribution < 1.29 is 0 Å². The Labute approximate surface area is 131 Å². The molecule has 0 aliphatic heterocycles. The number of nitrogens with zero attached hydrogens (tertiary/aromatic N) is 2. The van der Waals surface area contributed by atoms with E-state index in [1.54, 1.807) is 0 Å². The highest BCUT2D eigenvalue weighted by molar-refractivity contribution is 6.31. The van der Waals surface area contributed by atoms with Crippen LogP contribution in [0.5, 0.6) is 0 Å². The summed E-state index contributed by atoms with van der Waals surface area (Å²) in [5.74, 6) is 0.447. The van der Waals surface area contributed by atoms with E-state index >= 15 is 0 Å². The van der Waals surface area contributed by atoms with Gasteiger partial charge < -0.3 is 5.73 Å². The molecule has 3 rings (SSSR count). The summed E-state index contributed by atoms with van der Waals surface area (Å²) >= 11 is 6.48. The van der Waals surface area contributed by atoms with E-state index in [9.17, 15) is 0 Å². The van der Waals surface area contributed by atoms with Gasteiger partial charge in [0.2, 0.25) is 0 Å². The minimum atomic E-state index is 0.101. The van der Waals surface area contributed by atoms with Crippen molar-refractivity contribution >= 4 is 11.6 Å². The van der Waals surface area contributed by atoms with Crippen LogP contribution in [0.2, 0.25) is 5.02 Å². The van der Waals surface area contributed by atoms with Gasteiger partial charge in [-0.3, -0.25) is 4.68 Å². The molecule has 0 radical (unpaired) electrons. The van der Waals surface area contributed by atoms with Crippen molar-refractivity contribution in [2.75, 3.05) is 0 Å². The summed E-state index contributed by atoms with van der Waals surface area (Å²) in [4.78, 5) is 0. The Bertz CT molecular complexity index is 647. The fourth-order valence-corrected chi connectivity index (χ4v) is 3.60. The van der Waals surface area contributed by atoms with Crippen molar-refractivity contribution in [3.05, 3.63) is 51.8 Å². The molecule has 1 aliphatic rings. The van der Waals surface area contributed by atoms with E-state index in [0.717, 1.165) is 42.2 Å². The summed E-state index contributed by atoms with van der Waals surface area (Å²) < 4.78 is 2.01. The van der Waals surface area contributed by atoms with Crippen LogP contribution < -0.4 is 5.73 Å². The average Bonchev–Trinajstić information content (AvgIpc) is 2.76. The zero-order valence-corrected chi connectivity index (χ0v) is 13.4. The molecule has 21 heavy (non-hydrogen) atoms. The number of halogens is 1. The Kier molecular flexibility index (Phi) is 4.05. The third-order valence-electron chi connectivity index (χ3n) is 4.53. The van der Waals surface area contributed by atoms with Gasteiger partial charge in [-0.05, 0) is 30.9 Å². The topological polar surface area (TPSA) is 43.8 Å². The molecule has 0 bridgehead atoms. The lowest BCUT2D eigenvalue weighted by Crippen LogP contribution is -2.37. The summed E-state index contributed by atoms with van der Waals surface area (Å²) in [6, 6.07) is 8.67. The normalized spacial score (nSPS) is 18.2. The maximum absolute atomic E-state index is 6.48. The van der Waals surface area contributed by atoms with Crippen LogP contribution in [0.4, 0.5) is 0 Å². The highest BCUT2D eigenvalue weighted by Crippen LogP contribution is 2.38. The molecule has 0 saturated heterocycles. The summed E-state index contributed by atoms with van der Waals surface area (Å²) in [6.45, 7) is 5.01. The van der Waals surface area contributed by atoms with E-state index in [1.165, 1.54) is 11.1 Å². The second-order valence-electron chi connectivity index (χ2n) is 5.75. The maximum atomic E-state index is 6.48. The Hall–Kier alpha value is -1.32. The molecule has 4 heteroatoms. The molecule has 1 aromatic carbocycles. The van der Waals surface area contributed by atoms with Crippen LogP contribution in [0.3, 0.4) is 0 Å². The van der Waals surface area contributed by atoms with Gasteiger partial charge in [0.1, 0.15) is 0 Å². The molecule has 112 valence electrons. The fourth-order valence-electron chi connectivity index (χ4n) is 3.26. The first kappa shape index (κ1) is 14.6. The fraction of sp³-hybridized carbons (Fsp3) is 0.471. The number of nitrogens with two attached hydrogens (primary N) is 1. The molecule has 1 aliphatic carbocycles. The van der Waals surface area contributed by atoms with Gasteiger partial charge in [-0.2, -0.15) is 5.10 Å². The molecule has 2 aromatic rings. The summed E-state index contributed by atoms with van der Waals surface area (Å²) in [6.07, 6.45) is 2.73. The lowest BCUT2D eigenvalue weighted by Gasteiger charge is -2.34. The van der Waals surface area contributed by atoms with Gasteiger partial charge in [-0.25, -0.2) is 0 Å².